The maximum atomic E-state index is 11.1. The van der Waals surface area contributed by atoms with Crippen molar-refractivity contribution in [1.29, 1.82) is 0 Å². The summed E-state index contributed by atoms with van der Waals surface area (Å²) < 4.78 is 0. The number of carboxylic acid groups (broad SMARTS) is 1. The minimum Gasteiger partial charge on any atom is -0.481 e. The van der Waals surface area contributed by atoms with Crippen molar-refractivity contribution in [3.05, 3.63) is 58.6 Å². The van der Waals surface area contributed by atoms with E-state index >= 15 is 0 Å². The fourth-order valence-corrected chi connectivity index (χ4v) is 4.65. The first kappa shape index (κ1) is 19.3. The number of piperidine rings is 1. The first-order valence-electron chi connectivity index (χ1n) is 10.2. The molecule has 4 nitrogen and oxygen atoms in total. The molecule has 2 aromatic rings. The molecule has 0 unspecified atom stereocenters. The van der Waals surface area contributed by atoms with Gasteiger partial charge < -0.3 is 14.9 Å². The molecule has 2 heterocycles. The molecule has 5 heteroatoms. The molecule has 0 amide bonds. The predicted molar refractivity (Wildman–Crippen MR) is 114 cm³/mol. The van der Waals surface area contributed by atoms with E-state index in [1.807, 2.05) is 6.07 Å². The molecule has 4 rings (SSSR count). The number of aryl methyl sites for hydroxylation is 2. The fraction of sp³-hybridized carbons (Fsp3) is 0.435. The molecule has 0 spiro atoms. The molecule has 2 aliphatic rings. The maximum absolute atomic E-state index is 11.1. The lowest BCUT2D eigenvalue weighted by Gasteiger charge is -2.32. The van der Waals surface area contributed by atoms with E-state index < -0.39 is 5.97 Å². The third kappa shape index (κ3) is 4.18. The summed E-state index contributed by atoms with van der Waals surface area (Å²) in [6.07, 6.45) is 4.64. The SMILES string of the molecule is O=C(O)C1CCN(CCCN2c3ccccc3CCc3ccc(Cl)cc32)CC1. The second kappa shape index (κ2) is 8.54. The molecule has 0 bridgehead atoms. The fourth-order valence-electron chi connectivity index (χ4n) is 4.48. The van der Waals surface area contributed by atoms with Gasteiger partial charge in [0.15, 0.2) is 0 Å². The number of hydrogen-bond donors (Lipinski definition) is 1. The standard InChI is InChI=1S/C23H27ClN2O2/c24-20-9-8-18-7-6-17-4-1-2-5-21(17)26(22(18)16-20)13-3-12-25-14-10-19(11-15-25)23(27)28/h1-2,4-5,8-9,16,19H,3,6-7,10-15H2,(H,27,28). The summed E-state index contributed by atoms with van der Waals surface area (Å²) in [6, 6.07) is 14.9. The Morgan fingerprint density at radius 2 is 1.71 bits per heavy atom. The Labute approximate surface area is 171 Å². The predicted octanol–water partition coefficient (Wildman–Crippen LogP) is 4.76. The highest BCUT2D eigenvalue weighted by Crippen LogP contribution is 2.37. The number of anilines is 2. The normalized spacial score (nSPS) is 17.7. The lowest BCUT2D eigenvalue weighted by Crippen LogP contribution is -2.37. The second-order valence-electron chi connectivity index (χ2n) is 7.86. The van der Waals surface area contributed by atoms with Gasteiger partial charge in [-0.1, -0.05) is 35.9 Å². The van der Waals surface area contributed by atoms with Crippen LogP contribution in [0.25, 0.3) is 0 Å². The topological polar surface area (TPSA) is 43.8 Å². The number of likely N-dealkylation sites (tertiary alicyclic amines) is 1. The van der Waals surface area contributed by atoms with Crippen LogP contribution in [0.2, 0.25) is 5.02 Å². The maximum Gasteiger partial charge on any atom is 0.306 e. The number of aliphatic carboxylic acids is 1. The van der Waals surface area contributed by atoms with Gasteiger partial charge in [-0.25, -0.2) is 0 Å². The van der Waals surface area contributed by atoms with Crippen LogP contribution < -0.4 is 4.90 Å². The van der Waals surface area contributed by atoms with Gasteiger partial charge in [-0.15, -0.1) is 0 Å². The molecule has 1 fully saturated rings. The van der Waals surface area contributed by atoms with Crippen molar-refractivity contribution in [3.8, 4) is 0 Å². The average Bonchev–Trinajstić information content (AvgIpc) is 2.85. The molecule has 0 saturated carbocycles. The van der Waals surface area contributed by atoms with Gasteiger partial charge in [-0.3, -0.25) is 4.79 Å². The number of para-hydroxylation sites is 1. The van der Waals surface area contributed by atoms with E-state index in [0.717, 1.165) is 63.3 Å². The number of carbonyl (C=O) groups is 1. The zero-order valence-corrected chi connectivity index (χ0v) is 16.9. The Bertz CT molecular complexity index is 846. The lowest BCUT2D eigenvalue weighted by atomic mass is 9.97. The molecule has 28 heavy (non-hydrogen) atoms. The van der Waals surface area contributed by atoms with Crippen molar-refractivity contribution in [2.75, 3.05) is 31.1 Å². The Kier molecular flexibility index (Phi) is 5.88. The van der Waals surface area contributed by atoms with E-state index in [0.29, 0.717) is 0 Å². The van der Waals surface area contributed by atoms with Crippen molar-refractivity contribution in [1.82, 2.24) is 4.90 Å². The minimum atomic E-state index is -0.644. The monoisotopic (exact) mass is 398 g/mol. The van der Waals surface area contributed by atoms with Gasteiger partial charge in [-0.2, -0.15) is 0 Å². The molecule has 0 atom stereocenters. The van der Waals surface area contributed by atoms with Crippen molar-refractivity contribution >= 4 is 28.9 Å². The summed E-state index contributed by atoms with van der Waals surface area (Å²) >= 11 is 6.33. The van der Waals surface area contributed by atoms with Crippen LogP contribution in [0.15, 0.2) is 42.5 Å². The Morgan fingerprint density at radius 3 is 2.46 bits per heavy atom. The molecule has 0 aromatic heterocycles. The molecule has 0 aliphatic carbocycles. The van der Waals surface area contributed by atoms with E-state index in [2.05, 4.69) is 46.2 Å². The van der Waals surface area contributed by atoms with E-state index in [-0.39, 0.29) is 5.92 Å². The largest absolute Gasteiger partial charge is 0.481 e. The van der Waals surface area contributed by atoms with E-state index in [9.17, 15) is 4.79 Å². The van der Waals surface area contributed by atoms with E-state index in [1.54, 1.807) is 0 Å². The van der Waals surface area contributed by atoms with Crippen LogP contribution in [0, 0.1) is 5.92 Å². The molecule has 148 valence electrons. The van der Waals surface area contributed by atoms with Crippen LogP contribution in [0.3, 0.4) is 0 Å². The number of rotatable bonds is 5. The second-order valence-corrected chi connectivity index (χ2v) is 8.30. The molecule has 2 aliphatic heterocycles. The van der Waals surface area contributed by atoms with Gasteiger partial charge in [-0.05, 0) is 81.1 Å². The lowest BCUT2D eigenvalue weighted by molar-refractivity contribution is -0.143. The molecule has 0 radical (unpaired) electrons. The van der Waals surface area contributed by atoms with Crippen LogP contribution in [-0.4, -0.2) is 42.2 Å². The number of hydrogen-bond acceptors (Lipinski definition) is 3. The molecule has 1 saturated heterocycles. The van der Waals surface area contributed by atoms with Gasteiger partial charge in [0.2, 0.25) is 0 Å². The van der Waals surface area contributed by atoms with Crippen molar-refractivity contribution < 1.29 is 9.90 Å². The smallest absolute Gasteiger partial charge is 0.306 e. The molecule has 1 N–H and O–H groups in total. The highest BCUT2D eigenvalue weighted by atomic mass is 35.5. The summed E-state index contributed by atoms with van der Waals surface area (Å²) in [5.41, 5.74) is 5.25. The van der Waals surface area contributed by atoms with Gasteiger partial charge in [0, 0.05) is 22.9 Å². The summed E-state index contributed by atoms with van der Waals surface area (Å²) in [7, 11) is 0. The summed E-state index contributed by atoms with van der Waals surface area (Å²) in [5, 5.41) is 9.95. The molecular formula is C23H27ClN2O2. The van der Waals surface area contributed by atoms with Crippen LogP contribution in [0.4, 0.5) is 11.4 Å². The van der Waals surface area contributed by atoms with Crippen LogP contribution in [0.5, 0.6) is 0 Å². The number of carboxylic acids is 1. The van der Waals surface area contributed by atoms with Crippen LogP contribution in [-0.2, 0) is 17.6 Å². The van der Waals surface area contributed by atoms with Gasteiger partial charge >= 0.3 is 5.97 Å². The van der Waals surface area contributed by atoms with Gasteiger partial charge in [0.05, 0.1) is 5.92 Å². The van der Waals surface area contributed by atoms with Crippen LogP contribution in [0.1, 0.15) is 30.4 Å². The first-order chi connectivity index (χ1) is 13.6. The van der Waals surface area contributed by atoms with E-state index in [1.165, 1.54) is 22.5 Å². The van der Waals surface area contributed by atoms with Gasteiger partial charge in [0.25, 0.3) is 0 Å². The van der Waals surface area contributed by atoms with Crippen molar-refractivity contribution in [2.45, 2.75) is 32.1 Å². The molecule has 2 aromatic carbocycles. The van der Waals surface area contributed by atoms with Crippen LogP contribution >= 0.6 is 11.6 Å². The zero-order valence-electron chi connectivity index (χ0n) is 16.1. The minimum absolute atomic E-state index is 0.164. The quantitative estimate of drug-likeness (QED) is 0.788. The number of fused-ring (bicyclic) bond motifs is 2. The van der Waals surface area contributed by atoms with Crippen molar-refractivity contribution in [2.24, 2.45) is 5.92 Å². The summed E-state index contributed by atoms with van der Waals surface area (Å²) in [6.45, 7) is 3.70. The average molecular weight is 399 g/mol. The highest BCUT2D eigenvalue weighted by Gasteiger charge is 2.25. The first-order valence-corrected chi connectivity index (χ1v) is 10.6. The highest BCUT2D eigenvalue weighted by molar-refractivity contribution is 6.30. The molecular weight excluding hydrogens is 372 g/mol. The third-order valence-corrected chi connectivity index (χ3v) is 6.31. The van der Waals surface area contributed by atoms with E-state index in [4.69, 9.17) is 16.7 Å². The van der Waals surface area contributed by atoms with Gasteiger partial charge in [0.1, 0.15) is 0 Å². The Hall–Kier alpha value is -2.04. The summed E-state index contributed by atoms with van der Waals surface area (Å²) in [5.74, 6) is -0.808. The summed E-state index contributed by atoms with van der Waals surface area (Å²) in [4.78, 5) is 16.0. The third-order valence-electron chi connectivity index (χ3n) is 6.08. The Balaban J connectivity index is 1.46. The zero-order chi connectivity index (χ0) is 19.5. The number of benzene rings is 2. The number of nitrogens with zero attached hydrogens (tertiary/aromatic N) is 2. The Morgan fingerprint density at radius 1 is 1.00 bits per heavy atom. The van der Waals surface area contributed by atoms with Crippen molar-refractivity contribution in [3.63, 3.8) is 0 Å². The number of halogens is 1.